The molecule has 1 atom stereocenters. The number of aryl methyl sites for hydroxylation is 3. The number of hydrogen-bond acceptors (Lipinski definition) is 6. The van der Waals surface area contributed by atoms with E-state index in [1.807, 2.05) is 60.0 Å². The molecule has 2 heterocycles. The lowest BCUT2D eigenvalue weighted by Gasteiger charge is -2.18. The molecule has 0 spiro atoms. The van der Waals surface area contributed by atoms with Gasteiger partial charge in [0, 0.05) is 25.6 Å². The predicted octanol–water partition coefficient (Wildman–Crippen LogP) is 5.58. The normalized spacial score (nSPS) is 12.3. The summed E-state index contributed by atoms with van der Waals surface area (Å²) in [7, 11) is -2.18. The summed E-state index contributed by atoms with van der Waals surface area (Å²) in [5, 5.41) is 5.75. The number of amides is 1. The number of nitrogens with zero attached hydrogens (tertiary/aromatic N) is 3. The number of benzene rings is 2. The number of rotatable bonds is 11. The maximum atomic E-state index is 13.3. The van der Waals surface area contributed by atoms with Gasteiger partial charge >= 0.3 is 0 Å². The van der Waals surface area contributed by atoms with Gasteiger partial charge in [0.25, 0.3) is 5.91 Å². The van der Waals surface area contributed by atoms with Crippen LogP contribution in [0.1, 0.15) is 76.8 Å². The van der Waals surface area contributed by atoms with Crippen LogP contribution < -0.4 is 10.0 Å². The molecule has 4 rings (SSSR count). The first kappa shape index (κ1) is 29.1. The minimum Gasteiger partial charge on any atom is -0.354 e. The smallest absolute Gasteiger partial charge is 0.269 e. The average Bonchev–Trinajstić information content (AvgIpc) is 3.46. The summed E-state index contributed by atoms with van der Waals surface area (Å²) in [5.41, 5.74) is 6.11. The molecule has 0 aliphatic heterocycles. The zero-order chi connectivity index (χ0) is 29.0. The molecule has 0 radical (unpaired) electrons. The van der Waals surface area contributed by atoms with Crippen molar-refractivity contribution < 1.29 is 17.7 Å². The Hall–Kier alpha value is -3.92. The van der Waals surface area contributed by atoms with Gasteiger partial charge < -0.3 is 14.4 Å². The summed E-state index contributed by atoms with van der Waals surface area (Å²) in [4.78, 5) is 17.5. The number of carbonyl (C=O) groups is 1. The Morgan fingerprint density at radius 1 is 1.07 bits per heavy atom. The Labute approximate surface area is 236 Å². The summed E-state index contributed by atoms with van der Waals surface area (Å²) in [6, 6.07) is 15.5. The molecule has 2 N–H and O–H groups in total. The van der Waals surface area contributed by atoms with Gasteiger partial charge in [-0.1, -0.05) is 67.5 Å². The van der Waals surface area contributed by atoms with E-state index in [4.69, 9.17) is 9.51 Å². The average molecular weight is 564 g/mol. The molecule has 4 aromatic rings. The van der Waals surface area contributed by atoms with Crippen LogP contribution in [0, 0.1) is 13.8 Å². The van der Waals surface area contributed by atoms with Gasteiger partial charge in [-0.05, 0) is 55.9 Å². The summed E-state index contributed by atoms with van der Waals surface area (Å²) in [6.07, 6.45) is 2.38. The molecule has 0 bridgehead atoms. The van der Waals surface area contributed by atoms with Crippen molar-refractivity contribution in [3.05, 3.63) is 88.1 Å². The van der Waals surface area contributed by atoms with Gasteiger partial charge in [-0.15, -0.1) is 0 Å². The van der Waals surface area contributed by atoms with E-state index in [1.54, 1.807) is 27.8 Å². The standard InChI is InChI=1S/C30H37N5O4S/c1-7-11-27-32-26(8-2)28(29(36)31-6)35(27)18-22-14-16-23(17-15-22)25-13-10-9-12-24(25)21(5)40(37,38)34-30-19(3)20(4)33-39-30/h9-10,12-17,21,34H,7-8,11,18H2,1-6H3,(H,31,36). The Morgan fingerprint density at radius 2 is 1.77 bits per heavy atom. The van der Waals surface area contributed by atoms with Crippen molar-refractivity contribution in [2.75, 3.05) is 11.8 Å². The monoisotopic (exact) mass is 563 g/mol. The maximum absolute atomic E-state index is 13.3. The van der Waals surface area contributed by atoms with Crippen molar-refractivity contribution in [1.82, 2.24) is 20.0 Å². The summed E-state index contributed by atoms with van der Waals surface area (Å²) in [6.45, 7) is 9.80. The molecule has 40 heavy (non-hydrogen) atoms. The topological polar surface area (TPSA) is 119 Å². The van der Waals surface area contributed by atoms with Crippen molar-refractivity contribution in [1.29, 1.82) is 0 Å². The van der Waals surface area contributed by atoms with E-state index >= 15 is 0 Å². The molecule has 0 aliphatic carbocycles. The molecular formula is C30H37N5O4S. The molecule has 0 aliphatic rings. The lowest BCUT2D eigenvalue weighted by Crippen LogP contribution is -2.24. The summed E-state index contributed by atoms with van der Waals surface area (Å²) >= 11 is 0. The van der Waals surface area contributed by atoms with Gasteiger partial charge in [0.1, 0.15) is 16.8 Å². The Balaban J connectivity index is 1.64. The third kappa shape index (κ3) is 5.82. The van der Waals surface area contributed by atoms with Gasteiger partial charge in [0.05, 0.1) is 11.4 Å². The number of carbonyl (C=O) groups excluding carboxylic acids is 1. The minimum absolute atomic E-state index is 0.135. The second-order valence-corrected chi connectivity index (χ2v) is 11.9. The first-order chi connectivity index (χ1) is 19.1. The van der Waals surface area contributed by atoms with Crippen molar-refractivity contribution in [2.24, 2.45) is 0 Å². The number of nitrogens with one attached hydrogen (secondary N) is 2. The number of imidazole rings is 1. The molecule has 0 saturated heterocycles. The fourth-order valence-electron chi connectivity index (χ4n) is 4.74. The minimum atomic E-state index is -3.81. The lowest BCUT2D eigenvalue weighted by molar-refractivity contribution is 0.0953. The summed E-state index contributed by atoms with van der Waals surface area (Å²) < 4.78 is 36.3. The van der Waals surface area contributed by atoms with Crippen LogP contribution in [0.4, 0.5) is 5.88 Å². The van der Waals surface area contributed by atoms with Gasteiger partial charge in [0.2, 0.25) is 15.9 Å². The molecule has 2 aromatic carbocycles. The van der Waals surface area contributed by atoms with E-state index in [1.165, 1.54) is 0 Å². The van der Waals surface area contributed by atoms with E-state index in [-0.39, 0.29) is 11.8 Å². The van der Waals surface area contributed by atoms with Gasteiger partial charge in [-0.25, -0.2) is 13.4 Å². The van der Waals surface area contributed by atoms with E-state index in [0.717, 1.165) is 41.1 Å². The van der Waals surface area contributed by atoms with Crippen LogP contribution >= 0.6 is 0 Å². The van der Waals surface area contributed by atoms with Crippen molar-refractivity contribution in [2.45, 2.75) is 65.7 Å². The highest BCUT2D eigenvalue weighted by molar-refractivity contribution is 7.92. The van der Waals surface area contributed by atoms with Gasteiger partial charge in [-0.2, -0.15) is 0 Å². The highest BCUT2D eigenvalue weighted by atomic mass is 32.2. The van der Waals surface area contributed by atoms with Crippen molar-refractivity contribution in [3.8, 4) is 11.1 Å². The maximum Gasteiger partial charge on any atom is 0.269 e. The van der Waals surface area contributed by atoms with Gasteiger partial charge in [-0.3, -0.25) is 9.52 Å². The van der Waals surface area contributed by atoms with E-state index in [0.29, 0.717) is 35.5 Å². The number of hydrogen-bond donors (Lipinski definition) is 2. The second-order valence-electron chi connectivity index (χ2n) is 9.89. The zero-order valence-corrected chi connectivity index (χ0v) is 24.7. The molecule has 212 valence electrons. The Kier molecular flexibility index (Phi) is 8.78. The van der Waals surface area contributed by atoms with Crippen LogP contribution in [0.5, 0.6) is 0 Å². The fourth-order valence-corrected chi connectivity index (χ4v) is 5.90. The molecule has 0 fully saturated rings. The van der Waals surface area contributed by atoms with E-state index in [2.05, 4.69) is 22.1 Å². The molecule has 1 amide bonds. The lowest BCUT2D eigenvalue weighted by atomic mass is 9.97. The molecule has 10 heteroatoms. The Bertz CT molecular complexity index is 1600. The van der Waals surface area contributed by atoms with E-state index < -0.39 is 15.3 Å². The number of sulfonamides is 1. The van der Waals surface area contributed by atoms with Crippen LogP contribution in [0.25, 0.3) is 11.1 Å². The second kappa shape index (κ2) is 12.1. The van der Waals surface area contributed by atoms with Crippen LogP contribution in [0.2, 0.25) is 0 Å². The fraction of sp³-hybridized carbons (Fsp3) is 0.367. The Morgan fingerprint density at radius 3 is 2.38 bits per heavy atom. The highest BCUT2D eigenvalue weighted by Crippen LogP contribution is 2.34. The highest BCUT2D eigenvalue weighted by Gasteiger charge is 2.27. The van der Waals surface area contributed by atoms with Crippen LogP contribution in [0.15, 0.2) is 53.1 Å². The van der Waals surface area contributed by atoms with Crippen LogP contribution in [0.3, 0.4) is 0 Å². The van der Waals surface area contributed by atoms with Crippen molar-refractivity contribution >= 4 is 21.8 Å². The molecule has 1 unspecified atom stereocenters. The number of aromatic nitrogens is 3. The van der Waals surface area contributed by atoms with Crippen LogP contribution in [-0.4, -0.2) is 36.1 Å². The van der Waals surface area contributed by atoms with Crippen LogP contribution in [-0.2, 0) is 29.4 Å². The van der Waals surface area contributed by atoms with Crippen molar-refractivity contribution in [3.63, 3.8) is 0 Å². The zero-order valence-electron chi connectivity index (χ0n) is 23.9. The summed E-state index contributed by atoms with van der Waals surface area (Å²) in [5.74, 6) is 0.892. The first-order valence-electron chi connectivity index (χ1n) is 13.5. The first-order valence-corrected chi connectivity index (χ1v) is 15.1. The van der Waals surface area contributed by atoms with E-state index in [9.17, 15) is 13.2 Å². The van der Waals surface area contributed by atoms with Gasteiger partial charge in [0.15, 0.2) is 0 Å². The SMILES string of the molecule is CCCc1nc(CC)c(C(=O)NC)n1Cc1ccc(-c2ccccc2C(C)S(=O)(=O)Nc2onc(C)c2C)cc1. The third-order valence-corrected chi connectivity index (χ3v) is 8.89. The largest absolute Gasteiger partial charge is 0.354 e. The molecule has 9 nitrogen and oxygen atoms in total. The molecule has 2 aromatic heterocycles. The predicted molar refractivity (Wildman–Crippen MR) is 157 cm³/mol. The molecule has 0 saturated carbocycles. The quantitative estimate of drug-likeness (QED) is 0.246. The number of anilines is 1. The molecular weight excluding hydrogens is 526 g/mol. The third-order valence-electron chi connectivity index (χ3n) is 7.23.